The van der Waals surface area contributed by atoms with Crippen molar-refractivity contribution >= 4 is 11.8 Å². The van der Waals surface area contributed by atoms with Crippen LogP contribution in [-0.4, -0.2) is 18.7 Å². The molecule has 26 heavy (non-hydrogen) atoms. The molecule has 3 N–H and O–H groups in total. The van der Waals surface area contributed by atoms with Crippen molar-refractivity contribution in [2.75, 3.05) is 12.3 Å². The van der Waals surface area contributed by atoms with Crippen LogP contribution in [0.4, 0.5) is 10.5 Å². The third-order valence-electron chi connectivity index (χ3n) is 3.91. The molecule has 6 nitrogen and oxygen atoms in total. The van der Waals surface area contributed by atoms with Crippen molar-refractivity contribution in [1.29, 1.82) is 5.26 Å². The van der Waals surface area contributed by atoms with Crippen LogP contribution < -0.4 is 15.8 Å². The van der Waals surface area contributed by atoms with Crippen molar-refractivity contribution in [3.05, 3.63) is 59.7 Å². The Bertz CT molecular complexity index is 770. The number of nitrogens with one attached hydrogen (secondary N) is 1. The molecule has 0 unspecified atom stereocenters. The van der Waals surface area contributed by atoms with Gasteiger partial charge in [-0.15, -0.1) is 0 Å². The minimum absolute atomic E-state index is 0.117. The smallest absolute Gasteiger partial charge is 0.407 e. The predicted octanol–water partition coefficient (Wildman–Crippen LogP) is 3.47. The number of rotatable bonds is 7. The van der Waals surface area contributed by atoms with Gasteiger partial charge in [-0.3, -0.25) is 0 Å². The molecule has 0 radical (unpaired) electrons. The summed E-state index contributed by atoms with van der Waals surface area (Å²) in [5.74, 6) is 0.517. The van der Waals surface area contributed by atoms with E-state index in [1.54, 1.807) is 18.2 Å². The van der Waals surface area contributed by atoms with Gasteiger partial charge in [0.2, 0.25) is 0 Å². The largest absolute Gasteiger partial charge is 0.490 e. The fraction of sp³-hybridized carbons (Fsp3) is 0.300. The monoisotopic (exact) mass is 353 g/mol. The lowest BCUT2D eigenvalue weighted by Gasteiger charge is -2.22. The van der Waals surface area contributed by atoms with Gasteiger partial charge in [-0.1, -0.05) is 50.2 Å². The summed E-state index contributed by atoms with van der Waals surface area (Å²) in [6.07, 6.45) is -0.510. The number of ether oxygens (including phenoxy) is 2. The third-order valence-corrected chi connectivity index (χ3v) is 3.91. The van der Waals surface area contributed by atoms with E-state index >= 15 is 0 Å². The Morgan fingerprint density at radius 2 is 1.92 bits per heavy atom. The fourth-order valence-corrected chi connectivity index (χ4v) is 2.28. The molecular formula is C20H23N3O3. The van der Waals surface area contributed by atoms with Crippen molar-refractivity contribution in [2.45, 2.75) is 26.5 Å². The highest BCUT2D eigenvalue weighted by molar-refractivity contribution is 5.67. The number of carbonyl (C=O) groups is 1. The Labute approximate surface area is 153 Å². The molecule has 0 saturated carbocycles. The van der Waals surface area contributed by atoms with Crippen LogP contribution in [0, 0.1) is 17.2 Å². The van der Waals surface area contributed by atoms with E-state index in [1.807, 2.05) is 50.2 Å². The third kappa shape index (κ3) is 5.42. The zero-order valence-electron chi connectivity index (χ0n) is 14.9. The molecule has 0 aliphatic carbocycles. The van der Waals surface area contributed by atoms with Crippen LogP contribution >= 0.6 is 0 Å². The average Bonchev–Trinajstić information content (AvgIpc) is 2.64. The molecule has 0 heterocycles. The second kappa shape index (κ2) is 9.33. The number of alkyl carbamates (subject to hydrolysis) is 1. The van der Waals surface area contributed by atoms with Gasteiger partial charge in [0.1, 0.15) is 30.6 Å². The number of nitrogen functional groups attached to an aromatic ring is 1. The summed E-state index contributed by atoms with van der Waals surface area (Å²) < 4.78 is 11.0. The summed E-state index contributed by atoms with van der Waals surface area (Å²) >= 11 is 0. The quantitative estimate of drug-likeness (QED) is 0.743. The number of anilines is 1. The maximum absolute atomic E-state index is 12.1. The van der Waals surface area contributed by atoms with Crippen LogP contribution in [0.15, 0.2) is 48.5 Å². The number of nitrogens with two attached hydrogens (primary N) is 1. The molecule has 0 aliphatic rings. The van der Waals surface area contributed by atoms with Gasteiger partial charge < -0.3 is 20.5 Å². The first kappa shape index (κ1) is 19.1. The summed E-state index contributed by atoms with van der Waals surface area (Å²) in [5.41, 5.74) is 7.35. The van der Waals surface area contributed by atoms with E-state index in [1.165, 1.54) is 0 Å². The van der Waals surface area contributed by atoms with E-state index in [0.717, 1.165) is 5.56 Å². The van der Waals surface area contributed by atoms with E-state index in [0.29, 0.717) is 17.0 Å². The van der Waals surface area contributed by atoms with Crippen molar-refractivity contribution in [2.24, 2.45) is 5.92 Å². The first-order chi connectivity index (χ1) is 12.5. The number of nitrogens with zero attached hydrogens (tertiary/aromatic N) is 1. The van der Waals surface area contributed by atoms with Crippen LogP contribution in [-0.2, 0) is 11.3 Å². The maximum Gasteiger partial charge on any atom is 0.407 e. The fourth-order valence-electron chi connectivity index (χ4n) is 2.28. The molecule has 136 valence electrons. The van der Waals surface area contributed by atoms with Crippen molar-refractivity contribution < 1.29 is 14.3 Å². The Hall–Kier alpha value is -3.20. The minimum Gasteiger partial charge on any atom is -0.490 e. The van der Waals surface area contributed by atoms with Gasteiger partial charge in [-0.05, 0) is 23.6 Å². The molecule has 0 fully saturated rings. The summed E-state index contributed by atoms with van der Waals surface area (Å²) in [5, 5.41) is 12.0. The highest BCUT2D eigenvalue weighted by Gasteiger charge is 2.19. The lowest BCUT2D eigenvalue weighted by molar-refractivity contribution is 0.125. The summed E-state index contributed by atoms with van der Waals surface area (Å²) in [6, 6.07) is 16.3. The van der Waals surface area contributed by atoms with Crippen LogP contribution in [0.25, 0.3) is 0 Å². The number of amides is 1. The molecule has 1 atom stereocenters. The molecule has 6 heteroatoms. The van der Waals surface area contributed by atoms with Crippen LogP contribution in [0.1, 0.15) is 25.0 Å². The van der Waals surface area contributed by atoms with E-state index < -0.39 is 6.09 Å². The van der Waals surface area contributed by atoms with Gasteiger partial charge in [0, 0.05) is 0 Å². The number of hydrogen-bond acceptors (Lipinski definition) is 5. The lowest BCUT2D eigenvalue weighted by Crippen LogP contribution is -2.43. The summed E-state index contributed by atoms with van der Waals surface area (Å²) in [4.78, 5) is 12.1. The Kier molecular flexibility index (Phi) is 6.86. The Morgan fingerprint density at radius 1 is 1.19 bits per heavy atom. The van der Waals surface area contributed by atoms with Crippen LogP contribution in [0.5, 0.6) is 5.75 Å². The molecule has 0 spiro atoms. The average molecular weight is 353 g/mol. The highest BCUT2D eigenvalue weighted by Crippen LogP contribution is 2.23. The van der Waals surface area contributed by atoms with Gasteiger partial charge in [0.05, 0.1) is 11.7 Å². The molecule has 0 aromatic heterocycles. The molecule has 2 rings (SSSR count). The number of hydrogen-bond donors (Lipinski definition) is 2. The first-order valence-electron chi connectivity index (χ1n) is 8.40. The van der Waals surface area contributed by atoms with Gasteiger partial charge in [-0.2, -0.15) is 5.26 Å². The Balaban J connectivity index is 1.91. The van der Waals surface area contributed by atoms with Crippen molar-refractivity contribution in [1.82, 2.24) is 5.32 Å². The molecule has 0 saturated heterocycles. The summed E-state index contributed by atoms with van der Waals surface area (Å²) in [7, 11) is 0. The minimum atomic E-state index is -0.510. The predicted molar refractivity (Wildman–Crippen MR) is 99.5 cm³/mol. The first-order valence-corrected chi connectivity index (χ1v) is 8.40. The van der Waals surface area contributed by atoms with Crippen molar-refractivity contribution in [3.63, 3.8) is 0 Å². The zero-order chi connectivity index (χ0) is 18.9. The standard InChI is InChI=1S/C20H23N3O3/c1-14(2)18(13-25-19-10-6-9-17(22)16(19)11-21)23-20(24)26-12-15-7-4-3-5-8-15/h3-10,14,18H,12-13,22H2,1-2H3,(H,23,24)/t18-/m1/s1. The van der Waals surface area contributed by atoms with Gasteiger partial charge >= 0.3 is 6.09 Å². The number of benzene rings is 2. The van der Waals surface area contributed by atoms with Crippen LogP contribution in [0.3, 0.4) is 0 Å². The Morgan fingerprint density at radius 3 is 2.58 bits per heavy atom. The molecule has 0 bridgehead atoms. The van der Waals surface area contributed by atoms with Gasteiger partial charge in [0.15, 0.2) is 0 Å². The molecule has 0 aliphatic heterocycles. The maximum atomic E-state index is 12.1. The second-order valence-electron chi connectivity index (χ2n) is 6.20. The topological polar surface area (TPSA) is 97.4 Å². The highest BCUT2D eigenvalue weighted by atomic mass is 16.5. The van der Waals surface area contributed by atoms with Gasteiger partial charge in [0.25, 0.3) is 0 Å². The molecule has 1 amide bonds. The van der Waals surface area contributed by atoms with E-state index in [4.69, 9.17) is 15.2 Å². The normalized spacial score (nSPS) is 11.5. The van der Waals surface area contributed by atoms with E-state index in [-0.39, 0.29) is 25.2 Å². The second-order valence-corrected chi connectivity index (χ2v) is 6.20. The lowest BCUT2D eigenvalue weighted by atomic mass is 10.1. The van der Waals surface area contributed by atoms with Gasteiger partial charge in [-0.25, -0.2) is 4.79 Å². The number of nitriles is 1. The van der Waals surface area contributed by atoms with E-state index in [9.17, 15) is 10.1 Å². The van der Waals surface area contributed by atoms with Crippen LogP contribution in [0.2, 0.25) is 0 Å². The number of carbonyl (C=O) groups excluding carboxylic acids is 1. The molecule has 2 aromatic carbocycles. The molecular weight excluding hydrogens is 330 g/mol. The molecule has 2 aromatic rings. The van der Waals surface area contributed by atoms with Crippen molar-refractivity contribution in [3.8, 4) is 11.8 Å². The summed E-state index contributed by atoms with van der Waals surface area (Å²) in [6.45, 7) is 4.34. The zero-order valence-corrected chi connectivity index (χ0v) is 14.9. The van der Waals surface area contributed by atoms with E-state index in [2.05, 4.69) is 5.32 Å². The SMILES string of the molecule is CC(C)[C@@H](COc1cccc(N)c1C#N)NC(=O)OCc1ccccc1.